The summed E-state index contributed by atoms with van der Waals surface area (Å²) in [7, 11) is 0. The third-order valence-electron chi connectivity index (χ3n) is 6.66. The molecule has 0 unspecified atom stereocenters. The smallest absolute Gasteiger partial charge is 0.262 e. The van der Waals surface area contributed by atoms with Crippen molar-refractivity contribution >= 4 is 27.8 Å². The average Bonchev–Trinajstić information content (AvgIpc) is 3.54. The van der Waals surface area contributed by atoms with Gasteiger partial charge in [-0.25, -0.2) is 19.6 Å². The number of hydrogen-bond donors (Lipinski definition) is 1. The van der Waals surface area contributed by atoms with Crippen LogP contribution in [0.1, 0.15) is 35.5 Å². The van der Waals surface area contributed by atoms with Gasteiger partial charge in [0.2, 0.25) is 0 Å². The minimum atomic E-state index is -0.400. The van der Waals surface area contributed by atoms with Crippen molar-refractivity contribution in [2.45, 2.75) is 38.8 Å². The van der Waals surface area contributed by atoms with Gasteiger partial charge < -0.3 is 5.73 Å². The van der Waals surface area contributed by atoms with Crippen molar-refractivity contribution in [1.82, 2.24) is 29.3 Å². The first-order valence-corrected chi connectivity index (χ1v) is 11.0. The van der Waals surface area contributed by atoms with Gasteiger partial charge in [-0.3, -0.25) is 9.36 Å². The zero-order valence-corrected chi connectivity index (χ0v) is 18.5. The third kappa shape index (κ3) is 2.87. The molecule has 0 bridgehead atoms. The van der Waals surface area contributed by atoms with Crippen molar-refractivity contribution in [2.75, 3.05) is 5.73 Å². The predicted octanol–water partition coefficient (Wildman–Crippen LogP) is 3.32. The van der Waals surface area contributed by atoms with Gasteiger partial charge in [0.25, 0.3) is 5.56 Å². The van der Waals surface area contributed by atoms with Gasteiger partial charge in [0.05, 0.1) is 27.5 Å². The zero-order chi connectivity index (χ0) is 22.7. The second kappa shape index (κ2) is 6.96. The molecule has 0 amide bonds. The quantitative estimate of drug-likeness (QED) is 0.462. The van der Waals surface area contributed by atoms with Crippen molar-refractivity contribution in [1.29, 1.82) is 0 Å². The van der Waals surface area contributed by atoms with Gasteiger partial charge in [0.1, 0.15) is 24.5 Å². The predicted molar refractivity (Wildman–Crippen MR) is 127 cm³/mol. The van der Waals surface area contributed by atoms with Crippen LogP contribution in [0.5, 0.6) is 0 Å². The average molecular weight is 438 g/mol. The summed E-state index contributed by atoms with van der Waals surface area (Å²) < 4.78 is 3.66. The molecule has 6 rings (SSSR count). The summed E-state index contributed by atoms with van der Waals surface area (Å²) in [6.07, 6.45) is 3.21. The number of nitrogens with zero attached hydrogens (tertiary/aromatic N) is 6. The van der Waals surface area contributed by atoms with E-state index < -0.39 is 5.54 Å². The zero-order valence-electron chi connectivity index (χ0n) is 18.5. The Morgan fingerprint density at radius 3 is 2.55 bits per heavy atom. The standard InChI is InChI=1S/C25H23N7O/c1-15-7-6-10-18-20(15)24(33)32(25(11-12-25)17-8-4-3-5-9-17)19(29-18)13-31-23-21(16(2)30-31)22(26)27-14-28-23/h3-10,14H,11-13H2,1-2H3,(H2,26,27,28). The van der Waals surface area contributed by atoms with Crippen molar-refractivity contribution in [3.8, 4) is 0 Å². The summed E-state index contributed by atoms with van der Waals surface area (Å²) >= 11 is 0. The molecule has 3 heterocycles. The molecule has 5 aromatic rings. The van der Waals surface area contributed by atoms with E-state index >= 15 is 0 Å². The van der Waals surface area contributed by atoms with Crippen LogP contribution in [0.25, 0.3) is 21.9 Å². The fraction of sp³-hybridized carbons (Fsp3) is 0.240. The molecule has 8 nitrogen and oxygen atoms in total. The Balaban J connectivity index is 1.63. The summed E-state index contributed by atoms with van der Waals surface area (Å²) in [6, 6.07) is 16.0. The van der Waals surface area contributed by atoms with Gasteiger partial charge in [-0.05, 0) is 43.9 Å². The van der Waals surface area contributed by atoms with Gasteiger partial charge >= 0.3 is 0 Å². The molecule has 0 saturated heterocycles. The van der Waals surface area contributed by atoms with Crippen LogP contribution in [-0.2, 0) is 12.1 Å². The van der Waals surface area contributed by atoms with Crippen molar-refractivity contribution in [3.63, 3.8) is 0 Å². The number of rotatable bonds is 4. The number of benzene rings is 2. The molecular weight excluding hydrogens is 414 g/mol. The molecule has 0 spiro atoms. The van der Waals surface area contributed by atoms with Crippen LogP contribution >= 0.6 is 0 Å². The van der Waals surface area contributed by atoms with E-state index in [2.05, 4.69) is 27.2 Å². The Bertz CT molecular complexity index is 1600. The highest BCUT2D eigenvalue weighted by atomic mass is 16.1. The summed E-state index contributed by atoms with van der Waals surface area (Å²) in [5.41, 5.74) is 9.79. The van der Waals surface area contributed by atoms with Crippen LogP contribution in [0.4, 0.5) is 5.82 Å². The maximum Gasteiger partial charge on any atom is 0.262 e. The van der Waals surface area contributed by atoms with Crippen LogP contribution in [-0.4, -0.2) is 29.3 Å². The first kappa shape index (κ1) is 19.6. The van der Waals surface area contributed by atoms with Crippen molar-refractivity contribution in [2.24, 2.45) is 0 Å². The molecule has 164 valence electrons. The Kier molecular flexibility index (Phi) is 4.14. The van der Waals surface area contributed by atoms with Crippen LogP contribution < -0.4 is 11.3 Å². The number of nitrogens with two attached hydrogens (primary N) is 1. The van der Waals surface area contributed by atoms with E-state index in [4.69, 9.17) is 10.7 Å². The molecular formula is C25H23N7O. The molecule has 2 aromatic carbocycles. The fourth-order valence-corrected chi connectivity index (χ4v) is 4.95. The van der Waals surface area contributed by atoms with Crippen LogP contribution in [0.3, 0.4) is 0 Å². The van der Waals surface area contributed by atoms with Crippen LogP contribution in [0.15, 0.2) is 59.7 Å². The molecule has 3 aromatic heterocycles. The van der Waals surface area contributed by atoms with Gasteiger partial charge in [-0.1, -0.05) is 42.5 Å². The maximum atomic E-state index is 14.0. The Morgan fingerprint density at radius 2 is 1.79 bits per heavy atom. The molecule has 0 aliphatic heterocycles. The third-order valence-corrected chi connectivity index (χ3v) is 6.66. The molecule has 33 heavy (non-hydrogen) atoms. The van der Waals surface area contributed by atoms with E-state index in [-0.39, 0.29) is 5.56 Å². The van der Waals surface area contributed by atoms with E-state index in [0.29, 0.717) is 34.7 Å². The monoisotopic (exact) mass is 437 g/mol. The Labute approximate surface area is 189 Å². The molecule has 0 atom stereocenters. The molecule has 0 radical (unpaired) electrons. The molecule has 1 aliphatic carbocycles. The lowest BCUT2D eigenvalue weighted by molar-refractivity contribution is 0.497. The maximum absolute atomic E-state index is 14.0. The summed E-state index contributed by atoms with van der Waals surface area (Å²) in [6.45, 7) is 4.14. The lowest BCUT2D eigenvalue weighted by Crippen LogP contribution is -2.36. The van der Waals surface area contributed by atoms with Gasteiger partial charge in [-0.2, -0.15) is 5.10 Å². The number of hydrogen-bond acceptors (Lipinski definition) is 6. The highest BCUT2D eigenvalue weighted by molar-refractivity contribution is 5.88. The van der Waals surface area contributed by atoms with Crippen LogP contribution in [0, 0.1) is 13.8 Å². The summed E-state index contributed by atoms with van der Waals surface area (Å²) in [4.78, 5) is 27.5. The SMILES string of the molecule is Cc1nn(Cc2nc3cccc(C)c3c(=O)n2C2(c3ccccc3)CC2)c2ncnc(N)c12. The number of aromatic nitrogens is 6. The second-order valence-corrected chi connectivity index (χ2v) is 8.74. The van der Waals surface area contributed by atoms with Gasteiger partial charge in [0.15, 0.2) is 5.65 Å². The first-order chi connectivity index (χ1) is 16.0. The second-order valence-electron chi connectivity index (χ2n) is 8.74. The van der Waals surface area contributed by atoms with Gasteiger partial charge in [-0.15, -0.1) is 0 Å². The van der Waals surface area contributed by atoms with E-state index in [1.165, 1.54) is 6.33 Å². The highest BCUT2D eigenvalue weighted by Crippen LogP contribution is 2.49. The largest absolute Gasteiger partial charge is 0.383 e. The number of anilines is 1. The normalized spacial score (nSPS) is 14.7. The first-order valence-electron chi connectivity index (χ1n) is 11.0. The van der Waals surface area contributed by atoms with Crippen LogP contribution in [0.2, 0.25) is 0 Å². The number of fused-ring (bicyclic) bond motifs is 2. The minimum Gasteiger partial charge on any atom is -0.383 e. The van der Waals surface area contributed by atoms with E-state index in [9.17, 15) is 4.79 Å². The molecule has 1 aliphatic rings. The molecule has 8 heteroatoms. The van der Waals surface area contributed by atoms with Gasteiger partial charge in [0, 0.05) is 0 Å². The highest BCUT2D eigenvalue weighted by Gasteiger charge is 2.48. The fourth-order valence-electron chi connectivity index (χ4n) is 4.95. The molecule has 1 fully saturated rings. The van der Waals surface area contributed by atoms with E-state index in [0.717, 1.165) is 35.0 Å². The topological polar surface area (TPSA) is 105 Å². The lowest BCUT2D eigenvalue weighted by Gasteiger charge is -2.24. The lowest BCUT2D eigenvalue weighted by atomic mass is 10.0. The molecule has 1 saturated carbocycles. The van der Waals surface area contributed by atoms with E-state index in [1.807, 2.05) is 54.8 Å². The Morgan fingerprint density at radius 1 is 1.00 bits per heavy atom. The Hall–Kier alpha value is -4.07. The number of aryl methyl sites for hydroxylation is 2. The molecule has 2 N–H and O–H groups in total. The van der Waals surface area contributed by atoms with Crippen molar-refractivity contribution < 1.29 is 0 Å². The summed E-state index contributed by atoms with van der Waals surface area (Å²) in [5, 5.41) is 6.06. The minimum absolute atomic E-state index is 0.0169. The van der Waals surface area contributed by atoms with Crippen molar-refractivity contribution in [3.05, 3.63) is 87.9 Å². The van der Waals surface area contributed by atoms with E-state index in [1.54, 1.807) is 4.68 Å². The summed E-state index contributed by atoms with van der Waals surface area (Å²) in [5.74, 6) is 1.05. The number of nitrogen functional groups attached to an aromatic ring is 1.